The molecule has 6 nitrogen and oxygen atoms in total. The van der Waals surface area contributed by atoms with E-state index in [1.54, 1.807) is 0 Å². The zero-order valence-electron chi connectivity index (χ0n) is 32.5. The van der Waals surface area contributed by atoms with Crippen molar-refractivity contribution in [3.63, 3.8) is 0 Å². The quantitative estimate of drug-likeness (QED) is 0.188. The van der Waals surface area contributed by atoms with Crippen LogP contribution < -0.4 is 9.64 Å². The van der Waals surface area contributed by atoms with Crippen LogP contribution in [0.5, 0.6) is 11.5 Å². The Hall–Kier alpha value is -4.97. The van der Waals surface area contributed by atoms with E-state index in [0.717, 1.165) is 51.9 Å². The lowest BCUT2D eigenvalue weighted by molar-refractivity contribution is 0.206. The Bertz CT molecular complexity index is 2290. The van der Waals surface area contributed by atoms with Crippen molar-refractivity contribution in [2.75, 3.05) is 4.90 Å². The third-order valence-electron chi connectivity index (χ3n) is 11.2. The molecule has 6 heteroatoms. The average Bonchev–Trinajstić information content (AvgIpc) is 3.63. The van der Waals surface area contributed by atoms with Crippen molar-refractivity contribution < 1.29 is 9.47 Å². The van der Waals surface area contributed by atoms with E-state index in [1.165, 1.54) is 33.4 Å². The van der Waals surface area contributed by atoms with Gasteiger partial charge in [-0.2, -0.15) is 0 Å². The van der Waals surface area contributed by atoms with Gasteiger partial charge in [0.15, 0.2) is 0 Å². The summed E-state index contributed by atoms with van der Waals surface area (Å²) in [5.41, 5.74) is 13.4. The predicted molar refractivity (Wildman–Crippen MR) is 211 cm³/mol. The number of rotatable bonds is 4. The minimum atomic E-state index is -0.220. The molecule has 2 aromatic heterocycles. The number of benzene rings is 3. The summed E-state index contributed by atoms with van der Waals surface area (Å²) in [7, 11) is 0. The van der Waals surface area contributed by atoms with Gasteiger partial charge in [0.05, 0.1) is 28.3 Å². The Kier molecular flexibility index (Phi) is 7.73. The zero-order valence-corrected chi connectivity index (χ0v) is 32.5. The van der Waals surface area contributed by atoms with Crippen LogP contribution in [0, 0.1) is 20.8 Å². The molecule has 2 aliphatic heterocycles. The second-order valence-corrected chi connectivity index (χ2v) is 17.5. The summed E-state index contributed by atoms with van der Waals surface area (Å²) in [4.78, 5) is 17.3. The van der Waals surface area contributed by atoms with Crippen LogP contribution in [0.3, 0.4) is 0 Å². The molecule has 0 radical (unpaired) electrons. The normalized spacial score (nSPS) is 18.6. The number of hydrogen-bond acceptors (Lipinski definition) is 6. The van der Waals surface area contributed by atoms with E-state index < -0.39 is 0 Å². The van der Waals surface area contributed by atoms with Crippen molar-refractivity contribution >= 4 is 23.1 Å². The first-order valence-electron chi connectivity index (χ1n) is 18.6. The average molecular weight is 691 g/mol. The summed E-state index contributed by atoms with van der Waals surface area (Å²) in [6, 6.07) is 26.4. The van der Waals surface area contributed by atoms with Crippen LogP contribution in [-0.2, 0) is 27.4 Å². The topological polar surface area (TPSA) is 59.8 Å². The molecule has 2 atom stereocenters. The Morgan fingerprint density at radius 3 is 2.29 bits per heavy atom. The van der Waals surface area contributed by atoms with Gasteiger partial charge < -0.3 is 9.47 Å². The number of fused-ring (bicyclic) bond motifs is 5. The Labute approximate surface area is 309 Å². The summed E-state index contributed by atoms with van der Waals surface area (Å²) in [6.07, 6.45) is 2.74. The molecule has 0 fully saturated rings. The molecular formula is C46H50N4O2. The van der Waals surface area contributed by atoms with Gasteiger partial charge >= 0.3 is 0 Å². The Morgan fingerprint density at radius 2 is 1.54 bits per heavy atom. The molecule has 8 rings (SSSR count). The van der Waals surface area contributed by atoms with Gasteiger partial charge in [-0.3, -0.25) is 9.88 Å². The predicted octanol–water partition coefficient (Wildman–Crippen LogP) is 11.3. The summed E-state index contributed by atoms with van der Waals surface area (Å²) < 4.78 is 13.3. The van der Waals surface area contributed by atoms with Crippen LogP contribution >= 0.6 is 0 Å². The largest absolute Gasteiger partial charge is 0.471 e. The fraction of sp³-hybridized carbons (Fsp3) is 0.370. The van der Waals surface area contributed by atoms with Crippen molar-refractivity contribution in [2.45, 2.75) is 111 Å². The minimum Gasteiger partial charge on any atom is -0.471 e. The number of aromatic nitrogens is 2. The maximum absolute atomic E-state index is 6.73. The molecule has 0 saturated heterocycles. The first-order valence-corrected chi connectivity index (χ1v) is 18.6. The molecule has 3 aromatic carbocycles. The lowest BCUT2D eigenvalue weighted by Crippen LogP contribution is -2.32. The smallest absolute Gasteiger partial charge is 0.219 e. The van der Waals surface area contributed by atoms with Crippen LogP contribution in [0.2, 0.25) is 0 Å². The van der Waals surface area contributed by atoms with E-state index in [9.17, 15) is 0 Å². The van der Waals surface area contributed by atoms with Gasteiger partial charge in [-0.1, -0.05) is 91.8 Å². The molecule has 4 heterocycles. The molecule has 0 amide bonds. The molecule has 3 aliphatic rings. The summed E-state index contributed by atoms with van der Waals surface area (Å²) >= 11 is 0. The first-order chi connectivity index (χ1) is 24.5. The van der Waals surface area contributed by atoms with E-state index in [0.29, 0.717) is 11.6 Å². The SMILES string of the molecule is Cc1cc(Oc2cc(C3=N[C@@H]4c5ccc(C(C)(C)C)cc5C[C@@H]4O3)c(C)nc2C)cc(N2c3ccc(C(C)(C)C)cc3C(C)(C)c3cccnc32)c1. The molecule has 5 aromatic rings. The van der Waals surface area contributed by atoms with E-state index in [2.05, 4.69) is 128 Å². The van der Waals surface area contributed by atoms with Gasteiger partial charge in [0.2, 0.25) is 5.90 Å². The monoisotopic (exact) mass is 690 g/mol. The molecule has 0 unspecified atom stereocenters. The second kappa shape index (κ2) is 11.8. The Balaban J connectivity index is 1.15. The van der Waals surface area contributed by atoms with Gasteiger partial charge in [0.25, 0.3) is 0 Å². The van der Waals surface area contributed by atoms with E-state index in [-0.39, 0.29) is 28.4 Å². The highest BCUT2D eigenvalue weighted by Crippen LogP contribution is 2.52. The standard InChI is InChI=1S/C46H50N4O2/c1-26-19-32(50-38-17-15-31(45(7,8)9)23-37(38)46(10,11)36-13-12-18-47-42(36)50)24-33(20-26)51-39-25-35(27(2)48-28(39)3)43-49-41-34-16-14-30(44(4,5)6)21-29(34)22-40(41)52-43/h12-21,23-25,40-41H,22H2,1-11H3/t40-,41+/m0/s1. The number of pyridine rings is 2. The van der Waals surface area contributed by atoms with Crippen molar-refractivity contribution in [1.29, 1.82) is 0 Å². The summed E-state index contributed by atoms with van der Waals surface area (Å²) in [5.74, 6) is 3.00. The Morgan fingerprint density at radius 1 is 0.808 bits per heavy atom. The van der Waals surface area contributed by atoms with Crippen LogP contribution in [0.1, 0.15) is 117 Å². The van der Waals surface area contributed by atoms with Gasteiger partial charge in [-0.15, -0.1) is 0 Å². The number of aliphatic imine (C=N–C) groups is 1. The third-order valence-corrected chi connectivity index (χ3v) is 11.2. The zero-order chi connectivity index (χ0) is 36.9. The third kappa shape index (κ3) is 5.67. The molecule has 0 spiro atoms. The maximum Gasteiger partial charge on any atom is 0.219 e. The van der Waals surface area contributed by atoms with Crippen LogP contribution in [0.15, 0.2) is 84.0 Å². The van der Waals surface area contributed by atoms with E-state index >= 15 is 0 Å². The van der Waals surface area contributed by atoms with E-state index in [4.69, 9.17) is 24.4 Å². The maximum atomic E-state index is 6.73. The number of anilines is 3. The molecule has 266 valence electrons. The summed E-state index contributed by atoms with van der Waals surface area (Å²) in [6.45, 7) is 24.3. The molecule has 52 heavy (non-hydrogen) atoms. The van der Waals surface area contributed by atoms with Gasteiger partial charge in [-0.05, 0) is 95.3 Å². The van der Waals surface area contributed by atoms with Crippen LogP contribution in [0.25, 0.3) is 0 Å². The van der Waals surface area contributed by atoms with E-state index in [1.807, 2.05) is 32.2 Å². The minimum absolute atomic E-state index is 0.00187. The van der Waals surface area contributed by atoms with Gasteiger partial charge in [0.1, 0.15) is 29.5 Å². The highest BCUT2D eigenvalue weighted by atomic mass is 16.5. The number of ether oxygens (including phenoxy) is 2. The summed E-state index contributed by atoms with van der Waals surface area (Å²) in [5, 5.41) is 0. The lowest BCUT2D eigenvalue weighted by Gasteiger charge is -2.41. The highest BCUT2D eigenvalue weighted by Gasteiger charge is 2.41. The van der Waals surface area contributed by atoms with Crippen molar-refractivity contribution in [2.24, 2.45) is 4.99 Å². The van der Waals surface area contributed by atoms with Crippen LogP contribution in [0.4, 0.5) is 17.2 Å². The van der Waals surface area contributed by atoms with Crippen molar-refractivity contribution in [3.8, 4) is 11.5 Å². The molecular weight excluding hydrogens is 641 g/mol. The van der Waals surface area contributed by atoms with Crippen LogP contribution in [-0.4, -0.2) is 22.0 Å². The first kappa shape index (κ1) is 34.1. The highest BCUT2D eigenvalue weighted by molar-refractivity contribution is 5.97. The fourth-order valence-electron chi connectivity index (χ4n) is 8.11. The van der Waals surface area contributed by atoms with Crippen molar-refractivity contribution in [1.82, 2.24) is 9.97 Å². The number of nitrogens with zero attached hydrogens (tertiary/aromatic N) is 4. The second-order valence-electron chi connectivity index (χ2n) is 17.5. The van der Waals surface area contributed by atoms with Gasteiger partial charge in [-0.25, -0.2) is 9.98 Å². The lowest BCUT2D eigenvalue weighted by atomic mass is 9.72. The number of hydrogen-bond donors (Lipinski definition) is 0. The fourth-order valence-corrected chi connectivity index (χ4v) is 8.11. The van der Waals surface area contributed by atoms with Gasteiger partial charge in [0, 0.05) is 29.7 Å². The molecule has 0 saturated carbocycles. The molecule has 1 aliphatic carbocycles. The number of aryl methyl sites for hydroxylation is 3. The molecule has 0 N–H and O–H groups in total. The van der Waals surface area contributed by atoms with Crippen molar-refractivity contribution in [3.05, 3.63) is 135 Å². The molecule has 0 bridgehead atoms.